The van der Waals surface area contributed by atoms with Crippen LogP contribution < -0.4 is 0 Å². The highest BCUT2D eigenvalue weighted by atomic mass is 35.5. The van der Waals surface area contributed by atoms with E-state index in [1.165, 1.54) is 0 Å². The molecule has 0 saturated heterocycles. The molecule has 1 aromatic heterocycles. The summed E-state index contributed by atoms with van der Waals surface area (Å²) < 4.78 is 1.69. The summed E-state index contributed by atoms with van der Waals surface area (Å²) >= 11 is 6.00. The maximum absolute atomic E-state index is 11.7. The number of hydrogen-bond donors (Lipinski definition) is 0. The van der Waals surface area contributed by atoms with E-state index in [9.17, 15) is 4.79 Å². The maximum atomic E-state index is 11.7. The lowest BCUT2D eigenvalue weighted by atomic mass is 10.0. The molecule has 0 fully saturated rings. The van der Waals surface area contributed by atoms with Crippen LogP contribution in [0.15, 0.2) is 0 Å². The van der Waals surface area contributed by atoms with Crippen molar-refractivity contribution in [2.45, 2.75) is 40.7 Å². The van der Waals surface area contributed by atoms with E-state index in [-0.39, 0.29) is 11.7 Å². The number of rotatable bonds is 4. The summed E-state index contributed by atoms with van der Waals surface area (Å²) in [5, 5.41) is 4.89. The fourth-order valence-electron chi connectivity index (χ4n) is 1.36. The molecule has 1 rings (SSSR count). The van der Waals surface area contributed by atoms with E-state index in [1.54, 1.807) is 4.68 Å². The van der Waals surface area contributed by atoms with E-state index in [1.807, 2.05) is 27.7 Å². The van der Waals surface area contributed by atoms with Crippen molar-refractivity contribution < 1.29 is 4.79 Å². The van der Waals surface area contributed by atoms with Crippen LogP contribution in [0.2, 0.25) is 5.02 Å². The third-order valence-electron chi connectivity index (χ3n) is 2.76. The van der Waals surface area contributed by atoms with Gasteiger partial charge < -0.3 is 0 Å². The smallest absolute Gasteiger partial charge is 0.157 e. The molecule has 15 heavy (non-hydrogen) atoms. The number of aryl methyl sites for hydroxylation is 1. The molecule has 3 nitrogen and oxygen atoms in total. The summed E-state index contributed by atoms with van der Waals surface area (Å²) in [6.45, 7) is 8.01. The Labute approximate surface area is 95.4 Å². The van der Waals surface area contributed by atoms with Crippen molar-refractivity contribution >= 4 is 17.4 Å². The van der Waals surface area contributed by atoms with Gasteiger partial charge in [0.05, 0.1) is 16.4 Å². The third-order valence-corrected chi connectivity index (χ3v) is 3.31. The van der Waals surface area contributed by atoms with E-state index in [0.29, 0.717) is 11.6 Å². The molecule has 1 unspecified atom stereocenters. The number of nitrogens with zero attached hydrogens (tertiary/aromatic N) is 2. The molecule has 1 heterocycles. The first-order valence-electron chi connectivity index (χ1n) is 5.19. The van der Waals surface area contributed by atoms with Crippen LogP contribution in [0.25, 0.3) is 0 Å². The second-order valence-electron chi connectivity index (χ2n) is 3.92. The van der Waals surface area contributed by atoms with Gasteiger partial charge in [0, 0.05) is 5.92 Å². The highest BCUT2D eigenvalue weighted by Crippen LogP contribution is 2.19. The zero-order valence-corrected chi connectivity index (χ0v) is 10.4. The fourth-order valence-corrected chi connectivity index (χ4v) is 1.50. The second kappa shape index (κ2) is 4.79. The Morgan fingerprint density at radius 2 is 2.13 bits per heavy atom. The summed E-state index contributed by atoms with van der Waals surface area (Å²) in [4.78, 5) is 11.7. The van der Waals surface area contributed by atoms with Gasteiger partial charge in [-0.05, 0) is 20.3 Å². The van der Waals surface area contributed by atoms with Crippen molar-refractivity contribution in [1.29, 1.82) is 0 Å². The lowest BCUT2D eigenvalue weighted by Crippen LogP contribution is -2.18. The molecule has 0 spiro atoms. The largest absolute Gasteiger partial charge is 0.297 e. The first-order chi connectivity index (χ1) is 6.97. The van der Waals surface area contributed by atoms with Crippen LogP contribution in [0.5, 0.6) is 0 Å². The van der Waals surface area contributed by atoms with Crippen LogP contribution in [0.1, 0.15) is 31.7 Å². The molecular weight excluding hydrogens is 212 g/mol. The zero-order chi connectivity index (χ0) is 11.6. The molecule has 0 radical (unpaired) electrons. The molecule has 0 bridgehead atoms. The Hall–Kier alpha value is -0.830. The van der Waals surface area contributed by atoms with Crippen LogP contribution in [-0.2, 0) is 11.3 Å². The monoisotopic (exact) mass is 228 g/mol. The molecule has 4 heteroatoms. The Morgan fingerprint density at radius 3 is 2.53 bits per heavy atom. The van der Waals surface area contributed by atoms with Crippen LogP contribution in [0, 0.1) is 19.8 Å². The van der Waals surface area contributed by atoms with Gasteiger partial charge in [-0.2, -0.15) is 5.10 Å². The van der Waals surface area contributed by atoms with Gasteiger partial charge in [0.2, 0.25) is 0 Å². The average Bonchev–Trinajstić information content (AvgIpc) is 2.45. The number of carbonyl (C=O) groups is 1. The molecular formula is C11H17ClN2O. The molecule has 0 N–H and O–H groups in total. The highest BCUT2D eigenvalue weighted by molar-refractivity contribution is 6.31. The van der Waals surface area contributed by atoms with Gasteiger partial charge in [-0.3, -0.25) is 9.48 Å². The highest BCUT2D eigenvalue weighted by Gasteiger charge is 2.15. The standard InChI is InChI=1S/C11H17ClN2O/c1-5-7(2)10(15)6-14-9(4)11(12)8(3)13-14/h7H,5-6H2,1-4H3. The number of ketones is 1. The number of aromatic nitrogens is 2. The fraction of sp³-hybridized carbons (Fsp3) is 0.636. The molecule has 0 aromatic carbocycles. The van der Waals surface area contributed by atoms with Gasteiger partial charge in [-0.15, -0.1) is 0 Å². The van der Waals surface area contributed by atoms with Gasteiger partial charge in [0.25, 0.3) is 0 Å². The van der Waals surface area contributed by atoms with Crippen molar-refractivity contribution in [3.8, 4) is 0 Å². The van der Waals surface area contributed by atoms with Crippen molar-refractivity contribution in [2.24, 2.45) is 5.92 Å². The first kappa shape index (κ1) is 12.2. The Bertz CT molecular complexity index is 371. The van der Waals surface area contributed by atoms with Crippen molar-refractivity contribution in [3.05, 3.63) is 16.4 Å². The summed E-state index contributed by atoms with van der Waals surface area (Å²) in [5.74, 6) is 0.299. The van der Waals surface area contributed by atoms with Crippen molar-refractivity contribution in [3.63, 3.8) is 0 Å². The second-order valence-corrected chi connectivity index (χ2v) is 4.30. The number of carbonyl (C=O) groups excluding carboxylic acids is 1. The molecule has 0 saturated carbocycles. The normalized spacial score (nSPS) is 12.9. The number of hydrogen-bond acceptors (Lipinski definition) is 2. The number of Topliss-reactive ketones (excluding diaryl/α,β-unsaturated/α-hetero) is 1. The van der Waals surface area contributed by atoms with Gasteiger partial charge in [0.1, 0.15) is 6.54 Å². The number of halogens is 1. The third kappa shape index (κ3) is 2.59. The minimum atomic E-state index is 0.0904. The van der Waals surface area contributed by atoms with E-state index >= 15 is 0 Å². The summed E-state index contributed by atoms with van der Waals surface area (Å²) in [6.07, 6.45) is 0.867. The maximum Gasteiger partial charge on any atom is 0.157 e. The predicted octanol–water partition coefficient (Wildman–Crippen LogP) is 2.77. The summed E-state index contributed by atoms with van der Waals surface area (Å²) in [6, 6.07) is 0. The minimum absolute atomic E-state index is 0.0904. The molecule has 0 amide bonds. The Balaban J connectivity index is 2.81. The van der Waals surface area contributed by atoms with Crippen LogP contribution in [0.4, 0.5) is 0 Å². The molecule has 0 aliphatic heterocycles. The van der Waals surface area contributed by atoms with Gasteiger partial charge in [-0.25, -0.2) is 0 Å². The lowest BCUT2D eigenvalue weighted by Gasteiger charge is -2.08. The lowest BCUT2D eigenvalue weighted by molar-refractivity contribution is -0.123. The van der Waals surface area contributed by atoms with E-state index in [2.05, 4.69) is 5.10 Å². The predicted molar refractivity (Wildman–Crippen MR) is 61.2 cm³/mol. The quantitative estimate of drug-likeness (QED) is 0.794. The van der Waals surface area contributed by atoms with Crippen molar-refractivity contribution in [1.82, 2.24) is 9.78 Å². The minimum Gasteiger partial charge on any atom is -0.297 e. The van der Waals surface area contributed by atoms with E-state index in [4.69, 9.17) is 11.6 Å². The summed E-state index contributed by atoms with van der Waals surface area (Å²) in [5.41, 5.74) is 1.65. The molecule has 1 atom stereocenters. The van der Waals surface area contributed by atoms with E-state index in [0.717, 1.165) is 17.8 Å². The zero-order valence-electron chi connectivity index (χ0n) is 9.67. The average molecular weight is 229 g/mol. The Kier molecular flexibility index (Phi) is 3.91. The first-order valence-corrected chi connectivity index (χ1v) is 5.57. The molecule has 0 aliphatic rings. The van der Waals surface area contributed by atoms with Gasteiger partial charge in [0.15, 0.2) is 5.78 Å². The van der Waals surface area contributed by atoms with Crippen LogP contribution in [-0.4, -0.2) is 15.6 Å². The Morgan fingerprint density at radius 1 is 1.53 bits per heavy atom. The van der Waals surface area contributed by atoms with E-state index < -0.39 is 0 Å². The van der Waals surface area contributed by atoms with Crippen LogP contribution >= 0.6 is 11.6 Å². The van der Waals surface area contributed by atoms with Gasteiger partial charge >= 0.3 is 0 Å². The topological polar surface area (TPSA) is 34.9 Å². The molecule has 0 aliphatic carbocycles. The van der Waals surface area contributed by atoms with Crippen LogP contribution in [0.3, 0.4) is 0 Å². The van der Waals surface area contributed by atoms with Crippen molar-refractivity contribution in [2.75, 3.05) is 0 Å². The van der Waals surface area contributed by atoms with Gasteiger partial charge in [-0.1, -0.05) is 25.4 Å². The molecule has 1 aromatic rings. The SMILES string of the molecule is CCC(C)C(=O)Cn1nc(C)c(Cl)c1C. The summed E-state index contributed by atoms with van der Waals surface area (Å²) in [7, 11) is 0. The molecule has 84 valence electrons.